The lowest BCUT2D eigenvalue weighted by Gasteiger charge is -2.07. The number of ether oxygens (including phenoxy) is 1. The molecule has 0 aliphatic rings. The average Bonchev–Trinajstić information content (AvgIpc) is 2.41. The first-order chi connectivity index (χ1) is 9.49. The van der Waals surface area contributed by atoms with Crippen LogP contribution in [0.2, 0.25) is 0 Å². The van der Waals surface area contributed by atoms with Crippen LogP contribution in [0, 0.1) is 21.7 Å². The number of hydrazine groups is 1. The molecule has 0 bridgehead atoms. The first kappa shape index (κ1) is 13.6. The van der Waals surface area contributed by atoms with Gasteiger partial charge in [0, 0.05) is 6.07 Å². The monoisotopic (exact) mass is 282 g/mol. The predicted octanol–water partition coefficient (Wildman–Crippen LogP) is 2.35. The van der Waals surface area contributed by atoms with Crippen molar-refractivity contribution < 1.29 is 18.4 Å². The Kier molecular flexibility index (Phi) is 3.71. The fourth-order valence-corrected chi connectivity index (χ4v) is 1.39. The fraction of sp³-hybridized carbons (Fsp3) is 0. The molecule has 104 valence electrons. The van der Waals surface area contributed by atoms with Crippen LogP contribution >= 0.6 is 0 Å². The predicted molar refractivity (Wildman–Crippen MR) is 65.1 cm³/mol. The lowest BCUT2D eigenvalue weighted by molar-refractivity contribution is -0.384. The van der Waals surface area contributed by atoms with Crippen molar-refractivity contribution in [1.82, 2.24) is 4.98 Å². The largest absolute Gasteiger partial charge is 0.436 e. The van der Waals surface area contributed by atoms with Crippen molar-refractivity contribution in [2.24, 2.45) is 5.84 Å². The number of nitrogens with zero attached hydrogens (tertiary/aromatic N) is 2. The van der Waals surface area contributed by atoms with Crippen molar-refractivity contribution in [3.05, 3.63) is 52.1 Å². The minimum Gasteiger partial charge on any atom is -0.436 e. The highest BCUT2D eigenvalue weighted by Gasteiger charge is 2.14. The van der Waals surface area contributed by atoms with Gasteiger partial charge in [-0.2, -0.15) is 4.98 Å². The van der Waals surface area contributed by atoms with E-state index in [0.717, 1.165) is 24.3 Å². The highest BCUT2D eigenvalue weighted by Crippen LogP contribution is 2.27. The Morgan fingerprint density at radius 1 is 1.30 bits per heavy atom. The Morgan fingerprint density at radius 3 is 2.65 bits per heavy atom. The van der Waals surface area contributed by atoms with E-state index in [4.69, 9.17) is 10.6 Å². The maximum Gasteiger partial charge on any atom is 0.278 e. The quantitative estimate of drug-likeness (QED) is 0.507. The average molecular weight is 282 g/mol. The van der Waals surface area contributed by atoms with Gasteiger partial charge >= 0.3 is 0 Å². The zero-order valence-electron chi connectivity index (χ0n) is 9.84. The van der Waals surface area contributed by atoms with E-state index in [1.54, 1.807) is 0 Å². The zero-order valence-corrected chi connectivity index (χ0v) is 9.84. The zero-order chi connectivity index (χ0) is 14.7. The van der Waals surface area contributed by atoms with Crippen molar-refractivity contribution in [2.75, 3.05) is 5.43 Å². The van der Waals surface area contributed by atoms with Gasteiger partial charge in [-0.05, 0) is 12.1 Å². The van der Waals surface area contributed by atoms with Gasteiger partial charge in [0.25, 0.3) is 5.69 Å². The molecule has 0 amide bonds. The summed E-state index contributed by atoms with van der Waals surface area (Å²) in [5, 5.41) is 10.7. The summed E-state index contributed by atoms with van der Waals surface area (Å²) in [7, 11) is 0. The number of nitrogen functional groups attached to an aromatic ring is 1. The number of benzene rings is 1. The molecule has 9 heteroatoms. The third-order valence-corrected chi connectivity index (χ3v) is 2.25. The minimum atomic E-state index is -0.958. The molecular formula is C11H8F2N4O3. The molecule has 0 aliphatic heterocycles. The second-order valence-electron chi connectivity index (χ2n) is 3.63. The fourth-order valence-electron chi connectivity index (χ4n) is 1.39. The Labute approximate surface area is 111 Å². The summed E-state index contributed by atoms with van der Waals surface area (Å²) in [5.41, 5.74) is 1.78. The molecule has 2 rings (SSSR count). The second-order valence-corrected chi connectivity index (χ2v) is 3.63. The smallest absolute Gasteiger partial charge is 0.278 e. The van der Waals surface area contributed by atoms with Crippen molar-refractivity contribution in [1.29, 1.82) is 0 Å². The number of pyridine rings is 1. The summed E-state index contributed by atoms with van der Waals surface area (Å²) >= 11 is 0. The summed E-state index contributed by atoms with van der Waals surface area (Å²) in [4.78, 5) is 13.8. The van der Waals surface area contributed by atoms with Crippen LogP contribution in [0.15, 0.2) is 30.3 Å². The molecule has 1 aromatic carbocycles. The van der Waals surface area contributed by atoms with Crippen LogP contribution in [0.4, 0.5) is 20.3 Å². The van der Waals surface area contributed by atoms with Crippen LogP contribution in [-0.4, -0.2) is 9.91 Å². The van der Waals surface area contributed by atoms with Crippen molar-refractivity contribution in [3.63, 3.8) is 0 Å². The molecule has 7 nitrogen and oxygen atoms in total. The molecule has 0 unspecified atom stereocenters. The first-order valence-corrected chi connectivity index (χ1v) is 5.25. The van der Waals surface area contributed by atoms with Crippen molar-refractivity contribution in [2.45, 2.75) is 0 Å². The molecule has 0 saturated heterocycles. The maximum absolute atomic E-state index is 13.4. The van der Waals surface area contributed by atoms with E-state index < -0.39 is 16.6 Å². The van der Waals surface area contributed by atoms with Crippen molar-refractivity contribution in [3.8, 4) is 11.6 Å². The number of hydrogen-bond acceptors (Lipinski definition) is 6. The van der Waals surface area contributed by atoms with Crippen LogP contribution in [-0.2, 0) is 0 Å². The molecule has 0 atom stereocenters. The SMILES string of the molecule is NNc1cc([N+](=O)[O-])cc(Oc2ccc(F)cc2F)n1. The maximum atomic E-state index is 13.4. The van der Waals surface area contributed by atoms with Crippen LogP contribution in [0.5, 0.6) is 11.6 Å². The van der Waals surface area contributed by atoms with Gasteiger partial charge in [-0.3, -0.25) is 10.1 Å². The Hall–Kier alpha value is -2.81. The Bertz CT molecular complexity index is 666. The molecule has 0 radical (unpaired) electrons. The lowest BCUT2D eigenvalue weighted by atomic mass is 10.3. The number of nitrogens with two attached hydrogens (primary N) is 1. The molecule has 2 aromatic rings. The molecule has 0 saturated carbocycles. The van der Waals surface area contributed by atoms with Crippen LogP contribution in [0.25, 0.3) is 0 Å². The summed E-state index contributed by atoms with van der Waals surface area (Å²) in [5.74, 6) is 2.79. The normalized spacial score (nSPS) is 10.2. The summed E-state index contributed by atoms with van der Waals surface area (Å²) in [6.07, 6.45) is 0. The molecular weight excluding hydrogens is 274 g/mol. The van der Waals surface area contributed by atoms with Crippen LogP contribution < -0.4 is 16.0 Å². The number of hydrogen-bond donors (Lipinski definition) is 2. The summed E-state index contributed by atoms with van der Waals surface area (Å²) in [6, 6.07) is 4.71. The first-order valence-electron chi connectivity index (χ1n) is 5.25. The summed E-state index contributed by atoms with van der Waals surface area (Å²) < 4.78 is 31.2. The van der Waals surface area contributed by atoms with Crippen LogP contribution in [0.3, 0.4) is 0 Å². The van der Waals surface area contributed by atoms with Gasteiger partial charge in [0.2, 0.25) is 5.88 Å². The van der Waals surface area contributed by atoms with Crippen molar-refractivity contribution >= 4 is 11.5 Å². The number of halogens is 2. The molecule has 20 heavy (non-hydrogen) atoms. The number of nitrogens with one attached hydrogen (secondary N) is 1. The summed E-state index contributed by atoms with van der Waals surface area (Å²) in [6.45, 7) is 0. The van der Waals surface area contributed by atoms with Gasteiger partial charge in [-0.1, -0.05) is 0 Å². The van der Waals surface area contributed by atoms with Gasteiger partial charge in [-0.15, -0.1) is 0 Å². The van der Waals surface area contributed by atoms with E-state index in [2.05, 4.69) is 10.4 Å². The van der Waals surface area contributed by atoms with Crippen LogP contribution in [0.1, 0.15) is 0 Å². The van der Waals surface area contributed by atoms with Gasteiger partial charge < -0.3 is 10.2 Å². The second kappa shape index (κ2) is 5.45. The molecule has 1 aromatic heterocycles. The van der Waals surface area contributed by atoms with E-state index in [1.165, 1.54) is 0 Å². The van der Waals surface area contributed by atoms with E-state index in [9.17, 15) is 18.9 Å². The Balaban J connectivity index is 2.37. The van der Waals surface area contributed by atoms with E-state index in [0.29, 0.717) is 6.07 Å². The molecule has 0 spiro atoms. The van der Waals surface area contributed by atoms with E-state index in [1.807, 2.05) is 0 Å². The standard InChI is InChI=1S/C11H8F2N4O3/c12-6-1-2-9(8(13)3-6)20-11-5-7(17(18)19)4-10(15-11)16-14/h1-5H,14H2,(H,15,16). The molecule has 0 fully saturated rings. The number of anilines is 1. The number of nitro groups is 1. The van der Waals surface area contributed by atoms with Gasteiger partial charge in [0.15, 0.2) is 17.4 Å². The third kappa shape index (κ3) is 2.95. The number of aromatic nitrogens is 1. The van der Waals surface area contributed by atoms with Gasteiger partial charge in [0.1, 0.15) is 5.82 Å². The van der Waals surface area contributed by atoms with E-state index >= 15 is 0 Å². The highest BCUT2D eigenvalue weighted by atomic mass is 19.1. The highest BCUT2D eigenvalue weighted by molar-refractivity contribution is 5.48. The lowest BCUT2D eigenvalue weighted by Crippen LogP contribution is -2.09. The topological polar surface area (TPSA) is 103 Å². The van der Waals surface area contributed by atoms with E-state index in [-0.39, 0.29) is 23.1 Å². The number of rotatable bonds is 4. The minimum absolute atomic E-state index is 0.0308. The third-order valence-electron chi connectivity index (χ3n) is 2.25. The Morgan fingerprint density at radius 2 is 2.05 bits per heavy atom. The van der Waals surface area contributed by atoms with Gasteiger partial charge in [0.05, 0.1) is 17.1 Å². The molecule has 0 aliphatic carbocycles. The van der Waals surface area contributed by atoms with Gasteiger partial charge in [-0.25, -0.2) is 14.6 Å². The molecule has 3 N–H and O–H groups in total. The molecule has 1 heterocycles.